The zero-order valence-corrected chi connectivity index (χ0v) is 20.2. The molecule has 4 aromatic rings. The van der Waals surface area contributed by atoms with E-state index in [-0.39, 0.29) is 16.9 Å². The summed E-state index contributed by atoms with van der Waals surface area (Å²) >= 11 is 0. The number of para-hydroxylation sites is 1. The van der Waals surface area contributed by atoms with Crippen LogP contribution in [0.1, 0.15) is 22.8 Å². The summed E-state index contributed by atoms with van der Waals surface area (Å²) in [6, 6.07) is 15.3. The number of carbonyl (C=O) groups is 2. The summed E-state index contributed by atoms with van der Waals surface area (Å²) in [4.78, 5) is 32.4. The first kappa shape index (κ1) is 24.9. The van der Waals surface area contributed by atoms with E-state index in [0.717, 1.165) is 16.5 Å². The van der Waals surface area contributed by atoms with Gasteiger partial charge in [0.25, 0.3) is 11.8 Å². The number of hydrogen-bond donors (Lipinski definition) is 4. The molecule has 0 spiro atoms. The molecule has 11 heteroatoms. The van der Waals surface area contributed by atoms with Crippen LogP contribution in [0.15, 0.2) is 84.1 Å². The fourth-order valence-corrected chi connectivity index (χ4v) is 4.82. The Hall–Kier alpha value is -4.22. The van der Waals surface area contributed by atoms with Crippen LogP contribution in [0.2, 0.25) is 0 Å². The molecule has 186 valence electrons. The van der Waals surface area contributed by atoms with Crippen molar-refractivity contribution in [3.63, 3.8) is 0 Å². The lowest BCUT2D eigenvalue weighted by Gasteiger charge is -2.19. The third-order valence-electron chi connectivity index (χ3n) is 5.38. The van der Waals surface area contributed by atoms with Gasteiger partial charge in [0.2, 0.25) is 10.0 Å². The first-order valence-electron chi connectivity index (χ1n) is 11.2. The number of hydrogen-bond acceptors (Lipinski definition) is 6. The number of sulfonamides is 1. The Morgan fingerprint density at radius 2 is 1.81 bits per heavy atom. The molecule has 4 rings (SSSR count). The summed E-state index contributed by atoms with van der Waals surface area (Å²) in [7, 11) is -4.08. The molecule has 2 aromatic carbocycles. The minimum atomic E-state index is -4.08. The predicted molar refractivity (Wildman–Crippen MR) is 134 cm³/mol. The largest absolute Gasteiger partial charge is 0.494 e. The van der Waals surface area contributed by atoms with Crippen LogP contribution in [0.25, 0.3) is 10.9 Å². The molecule has 0 aliphatic rings. The highest BCUT2D eigenvalue weighted by atomic mass is 32.2. The van der Waals surface area contributed by atoms with Gasteiger partial charge in [-0.05, 0) is 61.4 Å². The van der Waals surface area contributed by atoms with E-state index in [1.807, 2.05) is 31.2 Å². The summed E-state index contributed by atoms with van der Waals surface area (Å²) in [5.74, 6) is -0.786. The van der Waals surface area contributed by atoms with E-state index >= 15 is 0 Å². The van der Waals surface area contributed by atoms with Crippen molar-refractivity contribution in [2.75, 3.05) is 6.61 Å². The topological polar surface area (TPSA) is 142 Å². The quantitative estimate of drug-likeness (QED) is 0.256. The number of aromatic nitrogens is 2. The molecule has 0 radical (unpaired) electrons. The Morgan fingerprint density at radius 1 is 1.03 bits per heavy atom. The Morgan fingerprint density at radius 3 is 2.53 bits per heavy atom. The molecule has 0 bridgehead atoms. The summed E-state index contributed by atoms with van der Waals surface area (Å²) in [5.41, 5.74) is 6.45. The molecule has 0 fully saturated rings. The maximum Gasteiger partial charge on any atom is 0.271 e. The Balaban J connectivity index is 1.56. The van der Waals surface area contributed by atoms with E-state index in [4.69, 9.17) is 4.74 Å². The van der Waals surface area contributed by atoms with Gasteiger partial charge in [-0.15, -0.1) is 0 Å². The monoisotopic (exact) mass is 507 g/mol. The van der Waals surface area contributed by atoms with Crippen molar-refractivity contribution in [2.24, 2.45) is 0 Å². The number of H-pyrrole nitrogens is 1. The number of hydrazine groups is 1. The number of nitrogens with one attached hydrogen (secondary N) is 4. The van der Waals surface area contributed by atoms with E-state index in [2.05, 4.69) is 25.5 Å². The SMILES string of the molecule is CCOc1ccc(S(=O)(=O)NC(Cc2c[nH]c3ccccc23)C(=O)NNC(=O)c2cccnc2)cc1. The van der Waals surface area contributed by atoms with Gasteiger partial charge in [0.1, 0.15) is 11.8 Å². The van der Waals surface area contributed by atoms with E-state index < -0.39 is 27.9 Å². The number of pyridine rings is 1. The average molecular weight is 508 g/mol. The van der Waals surface area contributed by atoms with E-state index in [1.165, 1.54) is 30.6 Å². The smallest absolute Gasteiger partial charge is 0.271 e. The molecule has 2 aromatic heterocycles. The maximum absolute atomic E-state index is 13.1. The zero-order valence-electron chi connectivity index (χ0n) is 19.4. The molecule has 0 aliphatic heterocycles. The van der Waals surface area contributed by atoms with Crippen LogP contribution in [0.4, 0.5) is 0 Å². The van der Waals surface area contributed by atoms with Crippen molar-refractivity contribution in [1.29, 1.82) is 0 Å². The first-order valence-corrected chi connectivity index (χ1v) is 12.7. The number of fused-ring (bicyclic) bond motifs is 1. The van der Waals surface area contributed by atoms with Crippen LogP contribution in [0.3, 0.4) is 0 Å². The molecular formula is C25H25N5O5S. The third kappa shape index (κ3) is 5.88. The van der Waals surface area contributed by atoms with Crippen LogP contribution < -0.4 is 20.3 Å². The molecule has 2 heterocycles. The van der Waals surface area contributed by atoms with Gasteiger partial charge in [-0.3, -0.25) is 25.4 Å². The second kappa shape index (κ2) is 11.0. The fraction of sp³-hybridized carbons (Fsp3) is 0.160. The normalized spacial score (nSPS) is 12.1. The lowest BCUT2D eigenvalue weighted by molar-refractivity contribution is -0.123. The van der Waals surface area contributed by atoms with Gasteiger partial charge in [-0.25, -0.2) is 8.42 Å². The summed E-state index contributed by atoms with van der Waals surface area (Å²) in [6.45, 7) is 2.27. The highest BCUT2D eigenvalue weighted by molar-refractivity contribution is 7.89. The van der Waals surface area contributed by atoms with Gasteiger partial charge in [0.05, 0.1) is 17.1 Å². The number of benzene rings is 2. The van der Waals surface area contributed by atoms with Crippen molar-refractivity contribution in [3.05, 3.63) is 90.4 Å². The molecule has 1 unspecified atom stereocenters. The fourth-order valence-electron chi connectivity index (χ4n) is 3.62. The minimum absolute atomic E-state index is 0.0259. The summed E-state index contributed by atoms with van der Waals surface area (Å²) < 4.78 is 34.1. The summed E-state index contributed by atoms with van der Waals surface area (Å²) in [5, 5.41) is 0.856. The molecule has 36 heavy (non-hydrogen) atoms. The maximum atomic E-state index is 13.1. The molecule has 10 nitrogen and oxygen atoms in total. The average Bonchev–Trinajstić information content (AvgIpc) is 3.30. The number of ether oxygens (including phenoxy) is 1. The Kier molecular flexibility index (Phi) is 7.62. The Bertz CT molecular complexity index is 1450. The number of rotatable bonds is 9. The Labute approximate surface area is 208 Å². The highest BCUT2D eigenvalue weighted by Crippen LogP contribution is 2.21. The van der Waals surface area contributed by atoms with Crippen molar-refractivity contribution in [2.45, 2.75) is 24.3 Å². The van der Waals surface area contributed by atoms with Crippen LogP contribution in [0, 0.1) is 0 Å². The lowest BCUT2D eigenvalue weighted by atomic mass is 10.1. The highest BCUT2D eigenvalue weighted by Gasteiger charge is 2.27. The van der Waals surface area contributed by atoms with E-state index in [0.29, 0.717) is 12.4 Å². The van der Waals surface area contributed by atoms with Crippen LogP contribution in [-0.2, 0) is 21.2 Å². The van der Waals surface area contributed by atoms with Gasteiger partial charge in [-0.1, -0.05) is 18.2 Å². The predicted octanol–water partition coefficient (Wildman–Crippen LogP) is 2.31. The van der Waals surface area contributed by atoms with Crippen LogP contribution >= 0.6 is 0 Å². The number of amides is 2. The van der Waals surface area contributed by atoms with E-state index in [1.54, 1.807) is 24.4 Å². The molecule has 2 amide bonds. The molecule has 0 saturated heterocycles. The zero-order chi connectivity index (χ0) is 25.5. The second-order valence-corrected chi connectivity index (χ2v) is 9.54. The van der Waals surface area contributed by atoms with Crippen molar-refractivity contribution in [1.82, 2.24) is 25.5 Å². The molecular weight excluding hydrogens is 482 g/mol. The summed E-state index contributed by atoms with van der Waals surface area (Å²) in [6.07, 6.45) is 4.63. The van der Waals surface area contributed by atoms with Gasteiger partial charge in [-0.2, -0.15) is 4.72 Å². The van der Waals surface area contributed by atoms with Gasteiger partial charge < -0.3 is 9.72 Å². The lowest BCUT2D eigenvalue weighted by Crippen LogP contribution is -2.53. The van der Waals surface area contributed by atoms with Crippen LogP contribution in [0.5, 0.6) is 5.75 Å². The van der Waals surface area contributed by atoms with E-state index in [9.17, 15) is 18.0 Å². The molecule has 0 aliphatic carbocycles. The van der Waals surface area contributed by atoms with Gasteiger partial charge in [0, 0.05) is 29.5 Å². The second-order valence-electron chi connectivity index (χ2n) is 7.83. The van der Waals surface area contributed by atoms with Crippen molar-refractivity contribution < 1.29 is 22.7 Å². The number of carbonyl (C=O) groups excluding carboxylic acids is 2. The number of nitrogens with zero attached hydrogens (tertiary/aromatic N) is 1. The van der Waals surface area contributed by atoms with Gasteiger partial charge >= 0.3 is 0 Å². The van der Waals surface area contributed by atoms with Crippen LogP contribution in [-0.4, -0.2) is 42.8 Å². The molecule has 0 saturated carbocycles. The van der Waals surface area contributed by atoms with Crippen molar-refractivity contribution in [3.8, 4) is 5.75 Å². The van der Waals surface area contributed by atoms with Gasteiger partial charge in [0.15, 0.2) is 0 Å². The first-order chi connectivity index (χ1) is 17.4. The molecule has 1 atom stereocenters. The van der Waals surface area contributed by atoms with Crippen molar-refractivity contribution >= 4 is 32.7 Å². The molecule has 4 N–H and O–H groups in total. The standard InChI is InChI=1S/C25H25N5O5S/c1-2-35-19-9-11-20(12-10-19)36(33,34)30-23(14-18-16-27-22-8-4-3-7-21(18)22)25(32)29-28-24(31)17-6-5-13-26-15-17/h3-13,15-16,23,27,30H,2,14H2,1H3,(H,28,31)(H,29,32). The third-order valence-corrected chi connectivity index (χ3v) is 6.87. The minimum Gasteiger partial charge on any atom is -0.494 e. The number of aromatic amines is 1.